The fraction of sp³-hybridized carbons (Fsp3) is 0.636. The lowest BCUT2D eigenvalue weighted by Crippen LogP contribution is -2.17. The first-order valence-corrected chi connectivity index (χ1v) is 6.22. The Hall–Kier alpha value is -1.43. The van der Waals surface area contributed by atoms with Crippen LogP contribution >= 0.6 is 11.6 Å². The average molecular weight is 273 g/mol. The van der Waals surface area contributed by atoms with E-state index in [1.165, 1.54) is 0 Å². The maximum Gasteiger partial charge on any atom is 0.348 e. The third-order valence-electron chi connectivity index (χ3n) is 2.55. The normalized spacial score (nSPS) is 12.6. The van der Waals surface area contributed by atoms with Gasteiger partial charge in [-0.3, -0.25) is 10.1 Å². The maximum atomic E-state index is 11.0. The Morgan fingerprint density at radius 3 is 2.44 bits per heavy atom. The summed E-state index contributed by atoms with van der Waals surface area (Å²) in [7, 11) is 0. The van der Waals surface area contributed by atoms with Gasteiger partial charge in [-0.1, -0.05) is 32.4 Å². The van der Waals surface area contributed by atoms with E-state index in [2.05, 4.69) is 15.3 Å². The van der Waals surface area contributed by atoms with Gasteiger partial charge in [0, 0.05) is 12.0 Å². The molecule has 0 amide bonds. The maximum absolute atomic E-state index is 11.0. The van der Waals surface area contributed by atoms with E-state index in [0.717, 1.165) is 6.42 Å². The Bertz CT molecular complexity index is 451. The summed E-state index contributed by atoms with van der Waals surface area (Å²) < 4.78 is 0. The molecular weight excluding hydrogens is 256 g/mol. The standard InChI is InChI=1S/C11H17ClN4O2/c1-5-7(4)13-11-8(16(17)18)9(12)14-10(15-11)6(2)3/h6-7H,5H2,1-4H3,(H,13,14,15). The Morgan fingerprint density at radius 2 is 2.00 bits per heavy atom. The van der Waals surface area contributed by atoms with Crippen LogP contribution in [0.2, 0.25) is 5.15 Å². The second-order valence-corrected chi connectivity index (χ2v) is 4.79. The van der Waals surface area contributed by atoms with Crippen LogP contribution in [-0.4, -0.2) is 20.9 Å². The van der Waals surface area contributed by atoms with Crippen LogP contribution in [0.3, 0.4) is 0 Å². The number of nitro groups is 1. The van der Waals surface area contributed by atoms with Crippen molar-refractivity contribution in [2.24, 2.45) is 0 Å². The highest BCUT2D eigenvalue weighted by molar-refractivity contribution is 6.31. The fourth-order valence-electron chi connectivity index (χ4n) is 1.30. The van der Waals surface area contributed by atoms with Crippen molar-refractivity contribution in [1.82, 2.24) is 9.97 Å². The lowest BCUT2D eigenvalue weighted by atomic mass is 10.2. The molecule has 1 heterocycles. The predicted octanol–water partition coefficient (Wildman–Crippen LogP) is 3.37. The van der Waals surface area contributed by atoms with E-state index in [0.29, 0.717) is 5.82 Å². The number of hydrogen-bond acceptors (Lipinski definition) is 5. The second kappa shape index (κ2) is 5.95. The van der Waals surface area contributed by atoms with Crippen molar-refractivity contribution in [2.75, 3.05) is 5.32 Å². The summed E-state index contributed by atoms with van der Waals surface area (Å²) in [6.07, 6.45) is 0.829. The number of nitrogens with zero attached hydrogens (tertiary/aromatic N) is 3. The van der Waals surface area contributed by atoms with Gasteiger partial charge >= 0.3 is 5.69 Å². The Morgan fingerprint density at radius 1 is 1.39 bits per heavy atom. The Labute approximate surface area is 111 Å². The van der Waals surface area contributed by atoms with Crippen LogP contribution in [0.25, 0.3) is 0 Å². The van der Waals surface area contributed by atoms with Crippen LogP contribution in [0, 0.1) is 10.1 Å². The summed E-state index contributed by atoms with van der Waals surface area (Å²) in [4.78, 5) is 18.6. The van der Waals surface area contributed by atoms with Crippen molar-refractivity contribution in [2.45, 2.75) is 46.1 Å². The number of halogens is 1. The van der Waals surface area contributed by atoms with Gasteiger partial charge in [0.05, 0.1) is 4.92 Å². The molecule has 0 saturated carbocycles. The molecule has 0 aliphatic heterocycles. The van der Waals surface area contributed by atoms with E-state index in [-0.39, 0.29) is 28.6 Å². The molecule has 0 spiro atoms. The van der Waals surface area contributed by atoms with Crippen LogP contribution in [-0.2, 0) is 0 Å². The molecule has 0 aromatic carbocycles. The number of anilines is 1. The molecule has 100 valence electrons. The molecule has 18 heavy (non-hydrogen) atoms. The topological polar surface area (TPSA) is 81.0 Å². The summed E-state index contributed by atoms with van der Waals surface area (Å²) in [5.41, 5.74) is -0.263. The van der Waals surface area contributed by atoms with Gasteiger partial charge < -0.3 is 5.32 Å². The molecule has 1 aromatic rings. The Balaban J connectivity index is 3.28. The molecule has 1 unspecified atom stereocenters. The minimum absolute atomic E-state index is 0.0563. The van der Waals surface area contributed by atoms with Crippen LogP contribution < -0.4 is 5.32 Å². The third-order valence-corrected chi connectivity index (χ3v) is 2.82. The zero-order valence-electron chi connectivity index (χ0n) is 10.9. The van der Waals surface area contributed by atoms with Crippen molar-refractivity contribution in [3.05, 3.63) is 21.1 Å². The minimum Gasteiger partial charge on any atom is -0.362 e. The second-order valence-electron chi connectivity index (χ2n) is 4.44. The molecule has 1 atom stereocenters. The summed E-state index contributed by atoms with van der Waals surface area (Å²) in [6, 6.07) is 0.0784. The number of nitrogens with one attached hydrogen (secondary N) is 1. The Kier molecular flexibility index (Phi) is 4.84. The first kappa shape index (κ1) is 14.6. The highest BCUT2D eigenvalue weighted by Crippen LogP contribution is 2.31. The molecule has 0 bridgehead atoms. The molecule has 0 aliphatic carbocycles. The quantitative estimate of drug-likeness (QED) is 0.505. The van der Waals surface area contributed by atoms with Gasteiger partial charge in [-0.25, -0.2) is 9.97 Å². The van der Waals surface area contributed by atoms with Crippen LogP contribution in [0.5, 0.6) is 0 Å². The molecule has 1 aromatic heterocycles. The predicted molar refractivity (Wildman–Crippen MR) is 71.2 cm³/mol. The summed E-state index contributed by atoms with van der Waals surface area (Å²) >= 11 is 5.87. The molecule has 0 aliphatic rings. The van der Waals surface area contributed by atoms with Gasteiger partial charge in [-0.2, -0.15) is 0 Å². The molecule has 1 N–H and O–H groups in total. The smallest absolute Gasteiger partial charge is 0.348 e. The first-order chi connectivity index (χ1) is 8.36. The summed E-state index contributed by atoms with van der Waals surface area (Å²) in [5, 5.41) is 13.9. The molecule has 6 nitrogen and oxygen atoms in total. The minimum atomic E-state index is -0.558. The van der Waals surface area contributed by atoms with Crippen molar-refractivity contribution >= 4 is 23.1 Å². The molecule has 0 saturated heterocycles. The molecule has 7 heteroatoms. The lowest BCUT2D eigenvalue weighted by Gasteiger charge is -2.14. The van der Waals surface area contributed by atoms with Crippen LogP contribution in [0.1, 0.15) is 45.9 Å². The van der Waals surface area contributed by atoms with Gasteiger partial charge in [0.2, 0.25) is 11.0 Å². The zero-order chi connectivity index (χ0) is 13.9. The van der Waals surface area contributed by atoms with E-state index in [1.807, 2.05) is 27.7 Å². The third kappa shape index (κ3) is 3.29. The number of aromatic nitrogens is 2. The van der Waals surface area contributed by atoms with Crippen molar-refractivity contribution in [3.8, 4) is 0 Å². The van der Waals surface area contributed by atoms with E-state index < -0.39 is 4.92 Å². The summed E-state index contributed by atoms with van der Waals surface area (Å²) in [6.45, 7) is 7.72. The number of hydrogen-bond donors (Lipinski definition) is 1. The summed E-state index contributed by atoms with van der Waals surface area (Å²) in [5.74, 6) is 0.746. The highest BCUT2D eigenvalue weighted by atomic mass is 35.5. The fourth-order valence-corrected chi connectivity index (χ4v) is 1.54. The number of rotatable bonds is 5. The first-order valence-electron chi connectivity index (χ1n) is 5.85. The SMILES string of the molecule is CCC(C)Nc1nc(C(C)C)nc(Cl)c1[N+](=O)[O-]. The van der Waals surface area contributed by atoms with Gasteiger partial charge in [0.15, 0.2) is 0 Å². The van der Waals surface area contributed by atoms with E-state index in [4.69, 9.17) is 11.6 Å². The average Bonchev–Trinajstić information content (AvgIpc) is 2.27. The van der Waals surface area contributed by atoms with E-state index in [1.54, 1.807) is 0 Å². The van der Waals surface area contributed by atoms with Crippen LogP contribution in [0.4, 0.5) is 11.5 Å². The van der Waals surface area contributed by atoms with Crippen molar-refractivity contribution in [1.29, 1.82) is 0 Å². The largest absolute Gasteiger partial charge is 0.362 e. The van der Waals surface area contributed by atoms with Crippen LogP contribution in [0.15, 0.2) is 0 Å². The van der Waals surface area contributed by atoms with E-state index in [9.17, 15) is 10.1 Å². The molecular formula is C11H17ClN4O2. The van der Waals surface area contributed by atoms with Crippen molar-refractivity contribution in [3.63, 3.8) is 0 Å². The molecule has 0 fully saturated rings. The van der Waals surface area contributed by atoms with Gasteiger partial charge in [0.25, 0.3) is 0 Å². The van der Waals surface area contributed by atoms with Crippen molar-refractivity contribution < 1.29 is 4.92 Å². The zero-order valence-corrected chi connectivity index (χ0v) is 11.7. The van der Waals surface area contributed by atoms with Gasteiger partial charge in [-0.15, -0.1) is 0 Å². The van der Waals surface area contributed by atoms with Gasteiger partial charge in [-0.05, 0) is 13.3 Å². The molecule has 1 rings (SSSR count). The lowest BCUT2D eigenvalue weighted by molar-refractivity contribution is -0.384. The van der Waals surface area contributed by atoms with E-state index >= 15 is 0 Å². The van der Waals surface area contributed by atoms with Gasteiger partial charge in [0.1, 0.15) is 5.82 Å². The highest BCUT2D eigenvalue weighted by Gasteiger charge is 2.25. The molecule has 0 radical (unpaired) electrons. The monoisotopic (exact) mass is 272 g/mol.